The maximum Gasteiger partial charge on any atom is 0.0645 e. The first-order valence-corrected chi connectivity index (χ1v) is 6.84. The number of nitrogens with zero attached hydrogens (tertiary/aromatic N) is 1. The highest BCUT2D eigenvalue weighted by atomic mass is 16.4. The van der Waals surface area contributed by atoms with Crippen LogP contribution >= 0.6 is 0 Å². The maximum atomic E-state index is 10.4. The third-order valence-electron chi connectivity index (χ3n) is 3.18. The Morgan fingerprint density at radius 2 is 1.90 bits per heavy atom. The molecule has 21 heavy (non-hydrogen) atoms. The predicted molar refractivity (Wildman–Crippen MR) is 87.1 cm³/mol. The normalized spacial score (nSPS) is 12.8. The summed E-state index contributed by atoms with van der Waals surface area (Å²) < 4.78 is 0. The fourth-order valence-corrected chi connectivity index (χ4v) is 2.08. The van der Waals surface area contributed by atoms with Crippen molar-refractivity contribution in [2.45, 2.75) is 20.8 Å². The molecule has 0 aliphatic carbocycles. The second kappa shape index (κ2) is 7.48. The lowest BCUT2D eigenvalue weighted by molar-refractivity contribution is -0.297. The molecule has 0 unspecified atom stereocenters. The Morgan fingerprint density at radius 1 is 1.24 bits per heavy atom. The third-order valence-corrected chi connectivity index (χ3v) is 3.18. The van der Waals surface area contributed by atoms with Gasteiger partial charge in [0.05, 0.1) is 5.97 Å². The summed E-state index contributed by atoms with van der Waals surface area (Å²) in [4.78, 5) is 12.5. The van der Waals surface area contributed by atoms with Gasteiger partial charge in [0.15, 0.2) is 0 Å². The van der Waals surface area contributed by atoms with Crippen molar-refractivity contribution in [3.63, 3.8) is 0 Å². The van der Waals surface area contributed by atoms with Crippen molar-refractivity contribution in [1.29, 1.82) is 0 Å². The van der Waals surface area contributed by atoms with Gasteiger partial charge in [-0.25, -0.2) is 0 Å². The van der Waals surface area contributed by atoms with Crippen LogP contribution in [0.3, 0.4) is 0 Å². The molecule has 3 nitrogen and oxygen atoms in total. The molecule has 0 aliphatic heterocycles. The number of rotatable bonds is 5. The summed E-state index contributed by atoms with van der Waals surface area (Å²) in [6.07, 6.45) is 6.64. The van der Waals surface area contributed by atoms with E-state index in [1.165, 1.54) is 11.3 Å². The molecule has 0 saturated carbocycles. The highest BCUT2D eigenvalue weighted by Crippen LogP contribution is 2.23. The van der Waals surface area contributed by atoms with Gasteiger partial charge in [-0.15, -0.1) is 0 Å². The fourth-order valence-electron chi connectivity index (χ4n) is 2.08. The zero-order valence-electron chi connectivity index (χ0n) is 13.3. The van der Waals surface area contributed by atoms with Crippen LogP contribution in [0.1, 0.15) is 25.0 Å². The van der Waals surface area contributed by atoms with E-state index in [1.54, 1.807) is 13.0 Å². The van der Waals surface area contributed by atoms with Crippen molar-refractivity contribution in [2.75, 3.05) is 19.0 Å². The summed E-state index contributed by atoms with van der Waals surface area (Å²) >= 11 is 0. The van der Waals surface area contributed by atoms with Crippen LogP contribution in [0.2, 0.25) is 0 Å². The molecule has 1 rings (SSSR count). The van der Waals surface area contributed by atoms with Crippen LogP contribution in [0.5, 0.6) is 0 Å². The van der Waals surface area contributed by atoms with Crippen LogP contribution < -0.4 is 10.0 Å². The topological polar surface area (TPSA) is 43.4 Å². The number of aryl methyl sites for hydroxylation is 1. The second-order valence-electron chi connectivity index (χ2n) is 5.31. The van der Waals surface area contributed by atoms with Gasteiger partial charge in [0, 0.05) is 19.8 Å². The number of benzene rings is 1. The number of hydrogen-bond acceptors (Lipinski definition) is 3. The molecular formula is C18H22NO2-. The van der Waals surface area contributed by atoms with Crippen LogP contribution in [-0.4, -0.2) is 20.1 Å². The van der Waals surface area contributed by atoms with E-state index in [0.717, 1.165) is 17.2 Å². The minimum atomic E-state index is -1.17. The molecule has 0 bridgehead atoms. The molecular weight excluding hydrogens is 262 g/mol. The van der Waals surface area contributed by atoms with E-state index in [0.29, 0.717) is 5.57 Å². The van der Waals surface area contributed by atoms with Crippen molar-refractivity contribution in [2.24, 2.45) is 0 Å². The van der Waals surface area contributed by atoms with Crippen LogP contribution in [0.15, 0.2) is 48.1 Å². The number of carbonyl (C=O) groups is 1. The van der Waals surface area contributed by atoms with Gasteiger partial charge in [0.2, 0.25) is 0 Å². The van der Waals surface area contributed by atoms with Crippen LogP contribution in [-0.2, 0) is 4.79 Å². The Morgan fingerprint density at radius 3 is 2.43 bits per heavy atom. The number of aliphatic carboxylic acids is 1. The summed E-state index contributed by atoms with van der Waals surface area (Å²) in [5.74, 6) is -1.17. The SMILES string of the molecule is CC(/C=C/C=C(\C)c1ccc(N(C)C)c(C)c1)=C\C(=O)[O-]. The molecule has 1 aromatic rings. The van der Waals surface area contributed by atoms with Gasteiger partial charge in [0.1, 0.15) is 0 Å². The Balaban J connectivity index is 2.91. The fraction of sp³-hybridized carbons (Fsp3) is 0.278. The van der Waals surface area contributed by atoms with E-state index in [1.807, 2.05) is 33.2 Å². The monoisotopic (exact) mass is 284 g/mol. The van der Waals surface area contributed by atoms with Gasteiger partial charge in [-0.3, -0.25) is 0 Å². The van der Waals surface area contributed by atoms with Gasteiger partial charge in [-0.2, -0.15) is 0 Å². The summed E-state index contributed by atoms with van der Waals surface area (Å²) in [5.41, 5.74) is 5.36. The highest BCUT2D eigenvalue weighted by molar-refractivity contribution is 5.79. The molecule has 112 valence electrons. The number of anilines is 1. The molecule has 0 radical (unpaired) electrons. The molecule has 3 heteroatoms. The standard InChI is InChI=1S/C18H23NO2/c1-13(11-18(20)21)7-6-8-14(2)16-9-10-17(19(4)5)15(3)12-16/h6-12H,1-5H3,(H,20,21)/p-1/b7-6+,13-11+,14-8+. The predicted octanol–water partition coefficient (Wildman–Crippen LogP) is 2.72. The van der Waals surface area contributed by atoms with Gasteiger partial charge >= 0.3 is 0 Å². The van der Waals surface area contributed by atoms with Crippen LogP contribution in [0.4, 0.5) is 5.69 Å². The molecule has 0 aliphatic rings. The number of carboxylic acid groups (broad SMARTS) is 1. The first-order chi connectivity index (χ1) is 9.81. The van der Waals surface area contributed by atoms with E-state index in [4.69, 9.17) is 0 Å². The van der Waals surface area contributed by atoms with E-state index in [2.05, 4.69) is 30.0 Å². The second-order valence-corrected chi connectivity index (χ2v) is 5.31. The lowest BCUT2D eigenvalue weighted by Gasteiger charge is -2.16. The van der Waals surface area contributed by atoms with E-state index in [9.17, 15) is 9.90 Å². The number of hydrogen-bond donors (Lipinski definition) is 0. The third kappa shape index (κ3) is 5.30. The summed E-state index contributed by atoms with van der Waals surface area (Å²) in [6, 6.07) is 6.34. The smallest absolute Gasteiger partial charge is 0.0645 e. The summed E-state index contributed by atoms with van der Waals surface area (Å²) in [5, 5.41) is 10.4. The molecule has 0 N–H and O–H groups in total. The summed E-state index contributed by atoms with van der Waals surface area (Å²) in [6.45, 7) is 5.85. The van der Waals surface area contributed by atoms with Gasteiger partial charge < -0.3 is 14.8 Å². The molecule has 0 fully saturated rings. The Hall–Kier alpha value is -2.29. The van der Waals surface area contributed by atoms with Crippen molar-refractivity contribution in [3.8, 4) is 0 Å². The lowest BCUT2D eigenvalue weighted by atomic mass is 10.0. The first kappa shape index (κ1) is 16.8. The molecule has 0 amide bonds. The first-order valence-electron chi connectivity index (χ1n) is 6.84. The average molecular weight is 284 g/mol. The average Bonchev–Trinajstić information content (AvgIpc) is 2.36. The summed E-state index contributed by atoms with van der Waals surface area (Å²) in [7, 11) is 4.06. The van der Waals surface area contributed by atoms with Crippen LogP contribution in [0.25, 0.3) is 5.57 Å². The van der Waals surface area contributed by atoms with Crippen molar-refractivity contribution in [3.05, 3.63) is 59.2 Å². The number of carbonyl (C=O) groups excluding carboxylic acids is 1. The number of allylic oxidation sites excluding steroid dienone is 5. The van der Waals surface area contributed by atoms with E-state index >= 15 is 0 Å². The van der Waals surface area contributed by atoms with Gasteiger partial charge in [-0.1, -0.05) is 24.3 Å². The molecule has 1 aromatic carbocycles. The zero-order chi connectivity index (χ0) is 16.0. The molecule has 0 heterocycles. The highest BCUT2D eigenvalue weighted by Gasteiger charge is 2.02. The van der Waals surface area contributed by atoms with E-state index in [-0.39, 0.29) is 0 Å². The van der Waals surface area contributed by atoms with E-state index < -0.39 is 5.97 Å². The van der Waals surface area contributed by atoms with Gasteiger partial charge in [-0.05, 0) is 61.3 Å². The quantitative estimate of drug-likeness (QED) is 0.617. The van der Waals surface area contributed by atoms with Crippen molar-refractivity contribution >= 4 is 17.2 Å². The van der Waals surface area contributed by atoms with Crippen molar-refractivity contribution < 1.29 is 9.90 Å². The molecule has 0 aromatic heterocycles. The lowest BCUT2D eigenvalue weighted by Crippen LogP contribution is -2.19. The Bertz CT molecular complexity index is 608. The number of carboxylic acids is 1. The zero-order valence-corrected chi connectivity index (χ0v) is 13.3. The van der Waals surface area contributed by atoms with Gasteiger partial charge in [0.25, 0.3) is 0 Å². The Kier molecular flexibility index (Phi) is 5.97. The maximum absolute atomic E-state index is 10.4. The molecule has 0 spiro atoms. The largest absolute Gasteiger partial charge is 0.545 e. The molecule has 0 saturated heterocycles. The minimum Gasteiger partial charge on any atom is -0.545 e. The Labute approximate surface area is 126 Å². The molecule has 0 atom stereocenters. The van der Waals surface area contributed by atoms with Crippen LogP contribution in [0, 0.1) is 6.92 Å². The van der Waals surface area contributed by atoms with Crippen molar-refractivity contribution in [1.82, 2.24) is 0 Å². The minimum absolute atomic E-state index is 0.651.